The van der Waals surface area contributed by atoms with Crippen LogP contribution in [-0.4, -0.2) is 34.7 Å². The number of Topliss-reactive ketones (excluding diaryl/α,β-unsaturated/α-hetero) is 6. The Kier molecular flexibility index (Phi) is 26.1. The second-order valence-corrected chi connectivity index (χ2v) is 7.41. The van der Waals surface area contributed by atoms with Crippen LogP contribution >= 0.6 is 0 Å². The maximum atomic E-state index is 10.8. The second kappa shape index (κ2) is 23.2. The third kappa shape index (κ3) is 20.9. The minimum atomic E-state index is -0.561. The quantitative estimate of drug-likeness (QED) is 0.279. The number of hydrogen-bond donors (Lipinski definition) is 0. The fourth-order valence-electron chi connectivity index (χ4n) is 2.70. The Morgan fingerprint density at radius 3 is 0.706 bits per heavy atom. The van der Waals surface area contributed by atoms with Gasteiger partial charge in [0.2, 0.25) is 0 Å². The zero-order valence-electron chi connectivity index (χ0n) is 20.6. The third-order valence-electron chi connectivity index (χ3n) is 4.58. The van der Waals surface area contributed by atoms with Crippen molar-refractivity contribution in [3.05, 3.63) is 0 Å². The van der Waals surface area contributed by atoms with Gasteiger partial charge in [0, 0.05) is 36.3 Å². The van der Waals surface area contributed by atoms with E-state index in [2.05, 4.69) is 0 Å². The molecule has 0 atom stereocenters. The smallest absolute Gasteiger partial charge is 0.140 e. The van der Waals surface area contributed by atoms with Crippen LogP contribution in [0.15, 0.2) is 0 Å². The van der Waals surface area contributed by atoms with Gasteiger partial charge in [-0.15, -0.1) is 0 Å². The van der Waals surface area contributed by atoms with Gasteiger partial charge < -0.3 is 0 Å². The summed E-state index contributed by atoms with van der Waals surface area (Å²) in [5, 5.41) is 24.6. The summed E-state index contributed by atoms with van der Waals surface area (Å²) in [4.78, 5) is 64.6. The maximum Gasteiger partial charge on any atom is 0.140 e. The first-order valence-corrected chi connectivity index (χ1v) is 10.4. The summed E-state index contributed by atoms with van der Waals surface area (Å²) >= 11 is 0. The van der Waals surface area contributed by atoms with Gasteiger partial charge in [0.1, 0.15) is 34.7 Å². The normalized spacial score (nSPS) is 9.00. The van der Waals surface area contributed by atoms with Crippen molar-refractivity contribution in [2.45, 2.75) is 80.1 Å². The molecule has 0 aliphatic heterocycles. The van der Waals surface area contributed by atoms with E-state index < -0.39 is 17.8 Å². The van der Waals surface area contributed by atoms with E-state index in [1.54, 1.807) is 0 Å². The maximum absolute atomic E-state index is 10.8. The first kappa shape index (κ1) is 38.3. The van der Waals surface area contributed by atoms with Gasteiger partial charge in [-0.3, -0.25) is 28.8 Å². The van der Waals surface area contributed by atoms with Gasteiger partial charge >= 0.3 is 0 Å². The van der Waals surface area contributed by atoms with Crippen LogP contribution in [0.1, 0.15) is 80.1 Å². The molecular weight excluding hydrogens is 482 g/mol. The van der Waals surface area contributed by atoms with Gasteiger partial charge in [0.25, 0.3) is 0 Å². The van der Waals surface area contributed by atoms with E-state index in [4.69, 9.17) is 15.8 Å². The van der Waals surface area contributed by atoms with Crippen LogP contribution in [0.5, 0.6) is 0 Å². The second-order valence-electron chi connectivity index (χ2n) is 7.41. The molecule has 0 fully saturated rings. The zero-order chi connectivity index (χ0) is 26.6. The summed E-state index contributed by atoms with van der Waals surface area (Å²) in [6, 6.07) is 5.71. The molecule has 34 heavy (non-hydrogen) atoms. The Hall–Kier alpha value is -2.99. The van der Waals surface area contributed by atoms with E-state index in [1.165, 1.54) is 41.5 Å². The molecule has 0 aromatic carbocycles. The average Bonchev–Trinajstić information content (AvgIpc) is 2.68. The summed E-state index contributed by atoms with van der Waals surface area (Å²) in [6.07, 6.45) is 1.89. The monoisotopic (exact) mass is 515 g/mol. The van der Waals surface area contributed by atoms with Crippen molar-refractivity contribution in [1.82, 2.24) is 0 Å². The first-order chi connectivity index (χ1) is 15.3. The topological polar surface area (TPSA) is 174 Å². The Balaban J connectivity index is -0.000000196. The van der Waals surface area contributed by atoms with Gasteiger partial charge in [-0.2, -0.15) is 15.8 Å². The van der Waals surface area contributed by atoms with E-state index in [0.717, 1.165) is 0 Å². The minimum Gasteiger partial charge on any atom is -0.299 e. The molecule has 0 aromatic heterocycles. The number of hydrogen-bond acceptors (Lipinski definition) is 9. The number of rotatable bonds is 12. The van der Waals surface area contributed by atoms with Crippen molar-refractivity contribution < 1.29 is 45.8 Å². The first-order valence-electron chi connectivity index (χ1n) is 10.4. The van der Waals surface area contributed by atoms with E-state index in [1.807, 2.05) is 18.2 Å². The van der Waals surface area contributed by atoms with Crippen LogP contribution in [0.4, 0.5) is 0 Å². The van der Waals surface area contributed by atoms with Gasteiger partial charge in [-0.25, -0.2) is 0 Å². The molecule has 0 amide bonds. The van der Waals surface area contributed by atoms with E-state index in [-0.39, 0.29) is 71.0 Å². The van der Waals surface area contributed by atoms with Crippen molar-refractivity contribution in [2.24, 2.45) is 17.8 Å². The SMILES string of the molecule is CC(=O)C(CCC#N)C(C)=O.CC(=O)C(CCC#N)C(C)=O.CC(=O)C(CCC#N)C(C)=O.[Fe]. The van der Waals surface area contributed by atoms with Crippen LogP contribution < -0.4 is 0 Å². The van der Waals surface area contributed by atoms with Crippen molar-refractivity contribution in [1.29, 1.82) is 15.8 Å². The zero-order valence-corrected chi connectivity index (χ0v) is 21.7. The van der Waals surface area contributed by atoms with E-state index in [0.29, 0.717) is 19.3 Å². The summed E-state index contributed by atoms with van der Waals surface area (Å²) in [6.45, 7) is 8.27. The summed E-state index contributed by atoms with van der Waals surface area (Å²) in [7, 11) is 0. The molecule has 0 aliphatic carbocycles. The van der Waals surface area contributed by atoms with Crippen molar-refractivity contribution in [3.63, 3.8) is 0 Å². The average molecular weight is 515 g/mol. The molecule has 0 aliphatic rings. The standard InChI is InChI=1S/3C8H11NO2.Fe/c3*1-6(10)8(7(2)11)4-3-5-9;/h3*8H,3-4H2,1-2H3;. The van der Waals surface area contributed by atoms with Gasteiger partial charge in [-0.05, 0) is 60.8 Å². The predicted octanol–water partition coefficient (Wildman–Crippen LogP) is 3.25. The molecule has 0 saturated carbocycles. The van der Waals surface area contributed by atoms with E-state index >= 15 is 0 Å². The molecule has 9 nitrogen and oxygen atoms in total. The fraction of sp³-hybridized carbons (Fsp3) is 0.625. The molecule has 0 spiro atoms. The van der Waals surface area contributed by atoms with Crippen molar-refractivity contribution in [2.75, 3.05) is 0 Å². The number of nitriles is 3. The van der Waals surface area contributed by atoms with Crippen LogP contribution in [0, 0.1) is 51.7 Å². The molecule has 0 radical (unpaired) electrons. The Morgan fingerprint density at radius 1 is 0.471 bits per heavy atom. The molecule has 0 aromatic rings. The molecule has 0 bridgehead atoms. The fourth-order valence-corrected chi connectivity index (χ4v) is 2.70. The van der Waals surface area contributed by atoms with Crippen LogP contribution in [-0.2, 0) is 45.8 Å². The van der Waals surface area contributed by atoms with Gasteiger partial charge in [-0.1, -0.05) is 0 Å². The molecule has 0 unspecified atom stereocenters. The molecule has 0 rings (SSSR count). The van der Waals surface area contributed by atoms with Gasteiger partial charge in [0.15, 0.2) is 0 Å². The molecular formula is C24H33FeN3O6. The number of nitrogens with zero attached hydrogens (tertiary/aromatic N) is 3. The largest absolute Gasteiger partial charge is 0.299 e. The summed E-state index contributed by atoms with van der Waals surface area (Å²) in [5.41, 5.74) is 0. The van der Waals surface area contributed by atoms with Gasteiger partial charge in [0.05, 0.1) is 36.0 Å². The molecule has 0 saturated heterocycles. The predicted molar refractivity (Wildman–Crippen MR) is 119 cm³/mol. The molecule has 0 heterocycles. The van der Waals surface area contributed by atoms with Crippen LogP contribution in [0.25, 0.3) is 0 Å². The molecule has 0 N–H and O–H groups in total. The van der Waals surface area contributed by atoms with Crippen LogP contribution in [0.3, 0.4) is 0 Å². The summed E-state index contributed by atoms with van der Waals surface area (Å²) < 4.78 is 0. The molecule has 188 valence electrons. The van der Waals surface area contributed by atoms with E-state index in [9.17, 15) is 28.8 Å². The number of ketones is 6. The minimum absolute atomic E-state index is 0. The molecule has 10 heteroatoms. The Morgan fingerprint density at radius 2 is 0.618 bits per heavy atom. The van der Waals surface area contributed by atoms with Crippen LogP contribution in [0.2, 0.25) is 0 Å². The summed E-state index contributed by atoms with van der Waals surface area (Å²) in [5.74, 6) is -2.56. The Labute approximate surface area is 212 Å². The van der Waals surface area contributed by atoms with Crippen molar-refractivity contribution in [3.8, 4) is 18.2 Å². The number of carbonyl (C=O) groups is 6. The third-order valence-corrected chi connectivity index (χ3v) is 4.58. The number of carbonyl (C=O) groups excluding carboxylic acids is 6. The Bertz CT molecular complexity index is 682. The van der Waals surface area contributed by atoms with Crippen molar-refractivity contribution >= 4 is 34.7 Å².